The minimum atomic E-state index is -1.13. The van der Waals surface area contributed by atoms with Gasteiger partial charge in [0.25, 0.3) is 5.56 Å². The highest BCUT2D eigenvalue weighted by Crippen LogP contribution is 2.56. The molecule has 8 heteroatoms. The summed E-state index contributed by atoms with van der Waals surface area (Å²) in [6, 6.07) is 20.2. The first-order valence-electron chi connectivity index (χ1n) is 12.8. The fourth-order valence-electron chi connectivity index (χ4n) is 6.76. The highest BCUT2D eigenvalue weighted by molar-refractivity contribution is 9.10. The number of amides is 2. The number of carbonyl (C=O) groups excluding carboxylic acids is 2. The molecule has 3 aromatic carbocycles. The van der Waals surface area contributed by atoms with Crippen LogP contribution in [0.25, 0.3) is 16.6 Å². The Hall–Kier alpha value is -3.62. The van der Waals surface area contributed by atoms with Gasteiger partial charge < -0.3 is 0 Å². The Bertz CT molecular complexity index is 1760. The number of imide groups is 1. The zero-order chi connectivity index (χ0) is 26.5. The van der Waals surface area contributed by atoms with E-state index in [1.165, 1.54) is 4.90 Å². The average molecular weight is 569 g/mol. The first-order valence-corrected chi connectivity index (χ1v) is 13.6. The van der Waals surface area contributed by atoms with Crippen LogP contribution in [0.15, 0.2) is 76.0 Å². The minimum absolute atomic E-state index is 0.0495. The van der Waals surface area contributed by atoms with Crippen LogP contribution in [-0.4, -0.2) is 27.4 Å². The lowest BCUT2D eigenvalue weighted by molar-refractivity contribution is -0.123. The number of fused-ring (bicyclic) bond motifs is 8. The van der Waals surface area contributed by atoms with Gasteiger partial charge in [-0.2, -0.15) is 0 Å². The molecule has 7 nitrogen and oxygen atoms in total. The summed E-state index contributed by atoms with van der Waals surface area (Å²) in [6.45, 7) is 6.07. The van der Waals surface area contributed by atoms with E-state index in [4.69, 9.17) is 4.98 Å². The molecule has 7 rings (SSSR count). The summed E-state index contributed by atoms with van der Waals surface area (Å²) in [5, 5.41) is 4.24. The molecular formula is C30H25BrN4O3. The number of para-hydroxylation sites is 2. The van der Waals surface area contributed by atoms with E-state index in [1.54, 1.807) is 10.6 Å². The fraction of sp³-hybridized carbons (Fsp3) is 0.267. The highest BCUT2D eigenvalue weighted by atomic mass is 79.9. The maximum absolute atomic E-state index is 14.5. The number of nitrogens with one attached hydrogen (secondary N) is 1. The number of hydrogen-bond donors (Lipinski definition) is 1. The van der Waals surface area contributed by atoms with Gasteiger partial charge in [-0.15, -0.1) is 0 Å². The lowest BCUT2D eigenvalue weighted by Gasteiger charge is -2.32. The van der Waals surface area contributed by atoms with E-state index < -0.39 is 17.4 Å². The number of carbonyl (C=O) groups is 2. The van der Waals surface area contributed by atoms with E-state index in [1.807, 2.05) is 67.6 Å². The zero-order valence-corrected chi connectivity index (χ0v) is 22.7. The molecule has 2 saturated heterocycles. The number of hydrogen-bond acceptors (Lipinski definition) is 5. The van der Waals surface area contributed by atoms with Gasteiger partial charge in [0.2, 0.25) is 11.8 Å². The Labute approximate surface area is 227 Å². The van der Waals surface area contributed by atoms with E-state index in [0.717, 1.165) is 11.1 Å². The predicted molar refractivity (Wildman–Crippen MR) is 148 cm³/mol. The van der Waals surface area contributed by atoms with Crippen LogP contribution in [0.2, 0.25) is 0 Å². The molecule has 4 aromatic rings. The maximum atomic E-state index is 14.5. The molecule has 1 spiro atoms. The molecule has 0 radical (unpaired) electrons. The SMILES string of the molecule is Cc1ccc(N2C(=O)[C@H]3[C@@H](C(C)C)N[C@@]4(c5ccccc5-n5c4nc4ccccc4c5=O)[C@H]3C2=O)c(Br)c1. The van der Waals surface area contributed by atoms with Gasteiger partial charge >= 0.3 is 0 Å². The van der Waals surface area contributed by atoms with E-state index in [9.17, 15) is 14.4 Å². The maximum Gasteiger partial charge on any atom is 0.266 e. The summed E-state index contributed by atoms with van der Waals surface area (Å²) in [4.78, 5) is 48.8. The van der Waals surface area contributed by atoms with Gasteiger partial charge in [0.15, 0.2) is 0 Å². The van der Waals surface area contributed by atoms with Crippen molar-refractivity contribution in [3.8, 4) is 5.69 Å². The van der Waals surface area contributed by atoms with Crippen molar-refractivity contribution >= 4 is 44.3 Å². The molecule has 3 aliphatic heterocycles. The number of aryl methyl sites for hydroxylation is 1. The molecule has 2 fully saturated rings. The molecule has 0 unspecified atom stereocenters. The number of anilines is 1. The second kappa shape index (κ2) is 7.94. The molecule has 4 heterocycles. The van der Waals surface area contributed by atoms with E-state index >= 15 is 0 Å². The third-order valence-corrected chi connectivity index (χ3v) is 8.99. The molecular weight excluding hydrogens is 544 g/mol. The van der Waals surface area contributed by atoms with Crippen LogP contribution >= 0.6 is 15.9 Å². The summed E-state index contributed by atoms with van der Waals surface area (Å²) in [5.74, 6) is -1.38. The van der Waals surface area contributed by atoms with Crippen molar-refractivity contribution in [1.82, 2.24) is 14.9 Å². The van der Waals surface area contributed by atoms with E-state index in [2.05, 4.69) is 35.1 Å². The Balaban J connectivity index is 1.53. The summed E-state index contributed by atoms with van der Waals surface area (Å²) in [5.41, 5.74) is 2.30. The van der Waals surface area contributed by atoms with Gasteiger partial charge in [-0.3, -0.25) is 24.3 Å². The number of aromatic nitrogens is 2. The fourth-order valence-corrected chi connectivity index (χ4v) is 7.43. The van der Waals surface area contributed by atoms with E-state index in [-0.39, 0.29) is 29.3 Å². The molecule has 2 amide bonds. The molecule has 0 aliphatic carbocycles. The monoisotopic (exact) mass is 568 g/mol. The standard InChI is InChI=1S/C30H25BrN4O3/c1-15(2)25-23-24(28(38)34(27(23)37)22-13-12-16(3)14-19(22)31)30(33-25)18-9-5-7-11-21(18)35-26(36)17-8-4-6-10-20(17)32-29(30)35/h4-15,23-25,33H,1-3H3/t23-,24-,25-,30+/m1/s1. The van der Waals surface area contributed by atoms with Gasteiger partial charge in [-0.1, -0.05) is 50.2 Å². The van der Waals surface area contributed by atoms with Crippen LogP contribution in [0.4, 0.5) is 5.69 Å². The van der Waals surface area contributed by atoms with E-state index in [0.29, 0.717) is 32.6 Å². The topological polar surface area (TPSA) is 84.3 Å². The second-order valence-electron chi connectivity index (χ2n) is 10.8. The van der Waals surface area contributed by atoms with Crippen LogP contribution in [0.1, 0.15) is 30.8 Å². The third-order valence-electron chi connectivity index (χ3n) is 8.36. The lowest BCUT2D eigenvalue weighted by atomic mass is 9.75. The summed E-state index contributed by atoms with van der Waals surface area (Å²) in [7, 11) is 0. The first kappa shape index (κ1) is 23.5. The van der Waals surface area contributed by atoms with Crippen LogP contribution in [0.3, 0.4) is 0 Å². The van der Waals surface area contributed by atoms with Crippen LogP contribution in [0.5, 0.6) is 0 Å². The number of benzene rings is 3. The normalized spacial score (nSPS) is 25.5. The second-order valence-corrected chi connectivity index (χ2v) is 11.7. The number of rotatable bonds is 2. The van der Waals surface area contributed by atoms with Gasteiger partial charge in [0, 0.05) is 16.1 Å². The number of nitrogens with zero attached hydrogens (tertiary/aromatic N) is 3. The smallest absolute Gasteiger partial charge is 0.266 e. The molecule has 1 N–H and O–H groups in total. The molecule has 4 atom stereocenters. The summed E-state index contributed by atoms with van der Waals surface area (Å²) in [6.07, 6.45) is 0. The highest BCUT2D eigenvalue weighted by Gasteiger charge is 2.70. The zero-order valence-electron chi connectivity index (χ0n) is 21.1. The van der Waals surface area contributed by atoms with Crippen molar-refractivity contribution in [3.05, 3.63) is 98.5 Å². The Morgan fingerprint density at radius 1 is 0.947 bits per heavy atom. The van der Waals surface area contributed by atoms with Crippen LogP contribution < -0.4 is 15.8 Å². The van der Waals surface area contributed by atoms with Gasteiger partial charge in [-0.05, 0) is 64.7 Å². The predicted octanol–water partition coefficient (Wildman–Crippen LogP) is 4.45. The van der Waals surface area contributed by atoms with Gasteiger partial charge in [-0.25, -0.2) is 9.88 Å². The average Bonchev–Trinajstić information content (AvgIpc) is 3.49. The summed E-state index contributed by atoms with van der Waals surface area (Å²) < 4.78 is 2.32. The summed E-state index contributed by atoms with van der Waals surface area (Å²) >= 11 is 3.58. The molecule has 190 valence electrons. The van der Waals surface area contributed by atoms with Crippen molar-refractivity contribution in [3.63, 3.8) is 0 Å². The van der Waals surface area contributed by atoms with Gasteiger partial charge in [0.1, 0.15) is 11.4 Å². The Morgan fingerprint density at radius 2 is 1.68 bits per heavy atom. The van der Waals surface area contributed by atoms with Crippen molar-refractivity contribution < 1.29 is 9.59 Å². The largest absolute Gasteiger partial charge is 0.296 e. The van der Waals surface area contributed by atoms with Crippen molar-refractivity contribution in [2.75, 3.05) is 4.90 Å². The minimum Gasteiger partial charge on any atom is -0.296 e. The molecule has 38 heavy (non-hydrogen) atoms. The molecule has 0 bridgehead atoms. The molecule has 3 aliphatic rings. The van der Waals surface area contributed by atoms with Crippen LogP contribution in [-0.2, 0) is 15.1 Å². The van der Waals surface area contributed by atoms with Crippen LogP contribution in [0, 0.1) is 24.7 Å². The third kappa shape index (κ3) is 2.82. The van der Waals surface area contributed by atoms with Crippen molar-refractivity contribution in [1.29, 1.82) is 0 Å². The first-order chi connectivity index (χ1) is 18.3. The lowest BCUT2D eigenvalue weighted by Crippen LogP contribution is -2.51. The molecule has 0 saturated carbocycles. The Morgan fingerprint density at radius 3 is 2.45 bits per heavy atom. The quantitative estimate of drug-likeness (QED) is 0.361. The van der Waals surface area contributed by atoms with Crippen molar-refractivity contribution in [2.24, 2.45) is 17.8 Å². The molecule has 1 aromatic heterocycles. The van der Waals surface area contributed by atoms with Crippen molar-refractivity contribution in [2.45, 2.75) is 32.4 Å². The Kier molecular flexibility index (Phi) is 4.91. The number of halogens is 1. The van der Waals surface area contributed by atoms with Gasteiger partial charge in [0.05, 0.1) is 34.1 Å².